The second kappa shape index (κ2) is 9.37. The summed E-state index contributed by atoms with van der Waals surface area (Å²) in [5.74, 6) is -0.0770. The maximum absolute atomic E-state index is 12.2. The quantitative estimate of drug-likeness (QED) is 0.677. The van der Waals surface area contributed by atoms with Crippen molar-refractivity contribution in [2.24, 2.45) is 0 Å². The van der Waals surface area contributed by atoms with Crippen LogP contribution in [0.15, 0.2) is 24.3 Å². The first-order chi connectivity index (χ1) is 10.5. The minimum absolute atomic E-state index is 0. The molecule has 0 aromatic heterocycles. The van der Waals surface area contributed by atoms with Gasteiger partial charge < -0.3 is 21.3 Å². The van der Waals surface area contributed by atoms with Crippen molar-refractivity contribution in [2.45, 2.75) is 38.8 Å². The third-order valence-electron chi connectivity index (χ3n) is 3.46. The van der Waals surface area contributed by atoms with Crippen molar-refractivity contribution in [1.29, 1.82) is 0 Å². The maximum atomic E-state index is 12.2. The second-order valence-electron chi connectivity index (χ2n) is 5.85. The molecular formula is C16H25ClN4O2. The molecule has 1 atom stereocenters. The summed E-state index contributed by atoms with van der Waals surface area (Å²) < 4.78 is 0. The molecule has 1 aliphatic heterocycles. The molecule has 0 saturated carbocycles. The van der Waals surface area contributed by atoms with Crippen LogP contribution in [0.3, 0.4) is 0 Å². The zero-order valence-electron chi connectivity index (χ0n) is 13.5. The molecule has 6 nitrogen and oxygen atoms in total. The summed E-state index contributed by atoms with van der Waals surface area (Å²) in [5.41, 5.74) is 1.26. The number of hydrogen-bond acceptors (Lipinski definition) is 3. The Labute approximate surface area is 143 Å². The highest BCUT2D eigenvalue weighted by Crippen LogP contribution is 2.10. The molecule has 4 N–H and O–H groups in total. The van der Waals surface area contributed by atoms with Gasteiger partial charge >= 0.3 is 6.03 Å². The van der Waals surface area contributed by atoms with Gasteiger partial charge in [-0.25, -0.2) is 4.79 Å². The number of amides is 3. The molecule has 1 saturated heterocycles. The molecule has 0 bridgehead atoms. The van der Waals surface area contributed by atoms with Gasteiger partial charge in [-0.15, -0.1) is 12.4 Å². The van der Waals surface area contributed by atoms with Gasteiger partial charge in [-0.1, -0.05) is 0 Å². The normalized spacial score (nSPS) is 17.1. The molecule has 0 radical (unpaired) electrons. The zero-order chi connectivity index (χ0) is 15.9. The maximum Gasteiger partial charge on any atom is 0.319 e. The lowest BCUT2D eigenvalue weighted by Crippen LogP contribution is -2.45. The molecule has 3 amide bonds. The minimum Gasteiger partial charge on any atom is -0.348 e. The Balaban J connectivity index is 0.00000264. The average Bonchev–Trinajstić information content (AvgIpc) is 2.48. The van der Waals surface area contributed by atoms with Gasteiger partial charge in [-0.3, -0.25) is 4.79 Å². The first-order valence-corrected chi connectivity index (χ1v) is 7.74. The van der Waals surface area contributed by atoms with E-state index in [2.05, 4.69) is 21.3 Å². The summed E-state index contributed by atoms with van der Waals surface area (Å²) in [7, 11) is 0. The zero-order valence-corrected chi connectivity index (χ0v) is 14.3. The van der Waals surface area contributed by atoms with E-state index in [4.69, 9.17) is 0 Å². The van der Waals surface area contributed by atoms with Crippen LogP contribution in [-0.2, 0) is 0 Å². The van der Waals surface area contributed by atoms with E-state index < -0.39 is 0 Å². The Bertz CT molecular complexity index is 513. The van der Waals surface area contributed by atoms with Crippen molar-refractivity contribution in [1.82, 2.24) is 16.0 Å². The van der Waals surface area contributed by atoms with E-state index in [1.165, 1.54) is 0 Å². The van der Waals surface area contributed by atoms with E-state index in [0.29, 0.717) is 11.3 Å². The third kappa shape index (κ3) is 6.46. The fourth-order valence-electron chi connectivity index (χ4n) is 2.38. The van der Waals surface area contributed by atoms with Crippen LogP contribution in [0.25, 0.3) is 0 Å². The highest BCUT2D eigenvalue weighted by Gasteiger charge is 2.16. The summed E-state index contributed by atoms with van der Waals surface area (Å²) in [4.78, 5) is 23.7. The van der Waals surface area contributed by atoms with Crippen LogP contribution in [0.5, 0.6) is 0 Å². The molecule has 0 aliphatic carbocycles. The number of hydrogen-bond donors (Lipinski definition) is 4. The van der Waals surface area contributed by atoms with Crippen molar-refractivity contribution < 1.29 is 9.59 Å². The topological polar surface area (TPSA) is 82.3 Å². The van der Waals surface area contributed by atoms with Crippen LogP contribution >= 0.6 is 12.4 Å². The van der Waals surface area contributed by atoms with E-state index in [0.717, 1.165) is 25.9 Å². The molecular weight excluding hydrogens is 316 g/mol. The molecule has 1 aromatic rings. The van der Waals surface area contributed by atoms with Crippen LogP contribution in [0.1, 0.15) is 37.0 Å². The summed E-state index contributed by atoms with van der Waals surface area (Å²) >= 11 is 0. The van der Waals surface area contributed by atoms with E-state index in [9.17, 15) is 9.59 Å². The Kier molecular flexibility index (Phi) is 7.85. The van der Waals surface area contributed by atoms with Gasteiger partial charge in [0.15, 0.2) is 0 Å². The predicted molar refractivity (Wildman–Crippen MR) is 94.3 cm³/mol. The van der Waals surface area contributed by atoms with E-state index in [-0.39, 0.29) is 36.4 Å². The molecule has 2 rings (SSSR count). The van der Waals surface area contributed by atoms with E-state index in [1.54, 1.807) is 24.3 Å². The van der Waals surface area contributed by atoms with Gasteiger partial charge in [-0.2, -0.15) is 0 Å². The predicted octanol–water partition coefficient (Wildman–Crippen LogP) is 2.12. The third-order valence-corrected chi connectivity index (χ3v) is 3.46. The molecule has 128 valence electrons. The summed E-state index contributed by atoms with van der Waals surface area (Å²) in [6, 6.07) is 6.92. The second-order valence-corrected chi connectivity index (χ2v) is 5.85. The first kappa shape index (κ1) is 19.3. The fourth-order valence-corrected chi connectivity index (χ4v) is 2.38. The number of anilines is 1. The minimum atomic E-state index is -0.250. The van der Waals surface area contributed by atoms with Crippen LogP contribution < -0.4 is 21.3 Å². The van der Waals surface area contributed by atoms with Crippen LogP contribution in [0.2, 0.25) is 0 Å². The smallest absolute Gasteiger partial charge is 0.319 e. The van der Waals surface area contributed by atoms with Gasteiger partial charge in [0, 0.05) is 29.9 Å². The number of nitrogens with one attached hydrogen (secondary N) is 4. The van der Waals surface area contributed by atoms with Crippen molar-refractivity contribution in [3.05, 3.63) is 29.8 Å². The Morgan fingerprint density at radius 3 is 2.48 bits per heavy atom. The van der Waals surface area contributed by atoms with Gasteiger partial charge in [0.2, 0.25) is 0 Å². The summed E-state index contributed by atoms with van der Waals surface area (Å²) in [6.45, 7) is 5.63. The average molecular weight is 341 g/mol. The van der Waals surface area contributed by atoms with E-state index >= 15 is 0 Å². The number of rotatable bonds is 4. The van der Waals surface area contributed by atoms with Gasteiger partial charge in [-0.05, 0) is 57.5 Å². The van der Waals surface area contributed by atoms with Gasteiger partial charge in [0.1, 0.15) is 0 Å². The standard InChI is InChI=1S/C16H24N4O2.ClH/c1-11(2)18-16(22)20-13-7-5-12(6-8-13)15(21)19-14-4-3-9-17-10-14;/h5-8,11,14,17H,3-4,9-10H2,1-2H3,(H,19,21)(H2,18,20,22);1H. The Morgan fingerprint density at radius 2 is 1.91 bits per heavy atom. The molecule has 1 aromatic carbocycles. The summed E-state index contributed by atoms with van der Waals surface area (Å²) in [5, 5.41) is 11.8. The van der Waals surface area contributed by atoms with Gasteiger partial charge in [0.05, 0.1) is 0 Å². The molecule has 7 heteroatoms. The van der Waals surface area contributed by atoms with Crippen molar-refractivity contribution in [2.75, 3.05) is 18.4 Å². The van der Waals surface area contributed by atoms with Crippen molar-refractivity contribution >= 4 is 30.0 Å². The van der Waals surface area contributed by atoms with Crippen LogP contribution in [0, 0.1) is 0 Å². The van der Waals surface area contributed by atoms with E-state index in [1.807, 2.05) is 13.8 Å². The Hall–Kier alpha value is -1.79. The number of carbonyl (C=O) groups excluding carboxylic acids is 2. The molecule has 1 aliphatic rings. The van der Waals surface area contributed by atoms with Gasteiger partial charge in [0.25, 0.3) is 5.91 Å². The van der Waals surface area contributed by atoms with Crippen molar-refractivity contribution in [3.63, 3.8) is 0 Å². The number of halogens is 1. The van der Waals surface area contributed by atoms with Crippen LogP contribution in [0.4, 0.5) is 10.5 Å². The molecule has 23 heavy (non-hydrogen) atoms. The number of urea groups is 1. The number of benzene rings is 1. The SMILES string of the molecule is CC(C)NC(=O)Nc1ccc(C(=O)NC2CCCNC2)cc1.Cl. The summed E-state index contributed by atoms with van der Waals surface area (Å²) in [6.07, 6.45) is 2.09. The van der Waals surface area contributed by atoms with Crippen molar-refractivity contribution in [3.8, 4) is 0 Å². The highest BCUT2D eigenvalue weighted by atomic mass is 35.5. The lowest BCUT2D eigenvalue weighted by atomic mass is 10.1. The lowest BCUT2D eigenvalue weighted by Gasteiger charge is -2.23. The fraction of sp³-hybridized carbons (Fsp3) is 0.500. The number of piperidine rings is 1. The molecule has 1 heterocycles. The van der Waals surface area contributed by atoms with Crippen LogP contribution in [-0.4, -0.2) is 37.1 Å². The lowest BCUT2D eigenvalue weighted by molar-refractivity contribution is 0.0930. The molecule has 1 fully saturated rings. The largest absolute Gasteiger partial charge is 0.348 e. The highest BCUT2D eigenvalue weighted by molar-refractivity contribution is 5.95. The molecule has 1 unspecified atom stereocenters. The molecule has 0 spiro atoms. The Morgan fingerprint density at radius 1 is 1.22 bits per heavy atom. The monoisotopic (exact) mass is 340 g/mol. The number of carbonyl (C=O) groups is 2. The first-order valence-electron chi connectivity index (χ1n) is 7.74.